The quantitative estimate of drug-likeness (QED) is 0.794. The van der Waals surface area contributed by atoms with Crippen LogP contribution in [-0.2, 0) is 11.3 Å². The number of hydrogen-bond donors (Lipinski definition) is 1. The first-order valence-electron chi connectivity index (χ1n) is 5.25. The lowest BCUT2D eigenvalue weighted by Crippen LogP contribution is -2.29. The van der Waals surface area contributed by atoms with Gasteiger partial charge in [0.1, 0.15) is 0 Å². The Labute approximate surface area is 94.1 Å². The first-order valence-corrected chi connectivity index (χ1v) is 6.07. The van der Waals surface area contributed by atoms with E-state index in [1.807, 2.05) is 6.20 Å². The van der Waals surface area contributed by atoms with Crippen LogP contribution in [0.15, 0.2) is 6.20 Å². The minimum Gasteiger partial charge on any atom is -0.383 e. The van der Waals surface area contributed by atoms with Gasteiger partial charge in [-0.05, 0) is 12.8 Å². The highest BCUT2D eigenvalue weighted by Gasteiger charge is 2.30. The van der Waals surface area contributed by atoms with Crippen molar-refractivity contribution in [2.24, 2.45) is 5.73 Å². The zero-order chi connectivity index (χ0) is 10.7. The van der Waals surface area contributed by atoms with Crippen molar-refractivity contribution < 1.29 is 4.74 Å². The third kappa shape index (κ3) is 2.68. The number of rotatable bonds is 6. The van der Waals surface area contributed by atoms with Gasteiger partial charge in [0.05, 0.1) is 6.61 Å². The molecule has 2 N–H and O–H groups in total. The van der Waals surface area contributed by atoms with Crippen molar-refractivity contribution in [2.45, 2.75) is 25.4 Å². The summed E-state index contributed by atoms with van der Waals surface area (Å²) in [5.41, 5.74) is 5.58. The standard InChI is InChI=1S/C10H17N3OS/c1-14-5-4-13(8-2-3-8)10-12-7-9(6-11)15-10/h7-8H,2-6,11H2,1H3. The monoisotopic (exact) mass is 227 g/mol. The Bertz CT molecular complexity index is 311. The highest BCUT2D eigenvalue weighted by atomic mass is 32.1. The number of ether oxygens (including phenoxy) is 1. The molecule has 1 aliphatic carbocycles. The molecule has 5 heteroatoms. The summed E-state index contributed by atoms with van der Waals surface area (Å²) in [6.07, 6.45) is 4.44. The Kier molecular flexibility index (Phi) is 3.56. The average Bonchev–Trinajstić information content (AvgIpc) is 2.97. The molecule has 1 fully saturated rings. The van der Waals surface area contributed by atoms with E-state index in [2.05, 4.69) is 9.88 Å². The normalized spacial score (nSPS) is 15.6. The van der Waals surface area contributed by atoms with Crippen molar-refractivity contribution in [2.75, 3.05) is 25.2 Å². The Morgan fingerprint density at radius 2 is 2.47 bits per heavy atom. The molecule has 1 aromatic rings. The van der Waals surface area contributed by atoms with Crippen LogP contribution in [0, 0.1) is 0 Å². The fourth-order valence-electron chi connectivity index (χ4n) is 1.53. The molecule has 2 rings (SSSR count). The van der Waals surface area contributed by atoms with E-state index < -0.39 is 0 Å². The van der Waals surface area contributed by atoms with Gasteiger partial charge < -0.3 is 15.4 Å². The van der Waals surface area contributed by atoms with Gasteiger partial charge in [0.15, 0.2) is 5.13 Å². The summed E-state index contributed by atoms with van der Waals surface area (Å²) in [4.78, 5) is 7.90. The summed E-state index contributed by atoms with van der Waals surface area (Å²) in [5, 5.41) is 1.09. The zero-order valence-electron chi connectivity index (χ0n) is 8.98. The summed E-state index contributed by atoms with van der Waals surface area (Å²) in [7, 11) is 1.73. The molecular weight excluding hydrogens is 210 g/mol. The second-order valence-electron chi connectivity index (χ2n) is 3.73. The van der Waals surface area contributed by atoms with Gasteiger partial charge in [0.25, 0.3) is 0 Å². The van der Waals surface area contributed by atoms with Crippen molar-refractivity contribution in [3.8, 4) is 0 Å². The van der Waals surface area contributed by atoms with Crippen molar-refractivity contribution >= 4 is 16.5 Å². The van der Waals surface area contributed by atoms with Gasteiger partial charge in [-0.1, -0.05) is 0 Å². The number of nitrogens with two attached hydrogens (primary N) is 1. The van der Waals surface area contributed by atoms with Gasteiger partial charge in [-0.2, -0.15) is 0 Å². The second kappa shape index (κ2) is 4.92. The number of hydrogen-bond acceptors (Lipinski definition) is 5. The van der Waals surface area contributed by atoms with E-state index in [-0.39, 0.29) is 0 Å². The van der Waals surface area contributed by atoms with Crippen LogP contribution in [0.4, 0.5) is 5.13 Å². The van der Waals surface area contributed by atoms with Crippen LogP contribution in [-0.4, -0.2) is 31.3 Å². The maximum absolute atomic E-state index is 5.58. The van der Waals surface area contributed by atoms with Crippen molar-refractivity contribution in [1.29, 1.82) is 0 Å². The molecule has 1 saturated carbocycles. The lowest BCUT2D eigenvalue weighted by atomic mass is 10.5. The third-order valence-corrected chi connectivity index (χ3v) is 3.57. The summed E-state index contributed by atoms with van der Waals surface area (Å²) in [6, 6.07) is 0.678. The van der Waals surface area contributed by atoms with E-state index in [1.54, 1.807) is 18.4 Å². The smallest absolute Gasteiger partial charge is 0.185 e. The van der Waals surface area contributed by atoms with Gasteiger partial charge in [-0.25, -0.2) is 4.98 Å². The van der Waals surface area contributed by atoms with Crippen LogP contribution in [0.5, 0.6) is 0 Å². The molecule has 0 amide bonds. The lowest BCUT2D eigenvalue weighted by Gasteiger charge is -2.20. The summed E-state index contributed by atoms with van der Waals surface area (Å²) in [6.45, 7) is 2.27. The first-order chi connectivity index (χ1) is 7.35. The fourth-order valence-corrected chi connectivity index (χ4v) is 2.42. The molecule has 1 aliphatic rings. The number of nitrogens with zero attached hydrogens (tertiary/aromatic N) is 2. The number of thiazole rings is 1. The van der Waals surface area contributed by atoms with Gasteiger partial charge >= 0.3 is 0 Å². The average molecular weight is 227 g/mol. The van der Waals surface area contributed by atoms with Crippen LogP contribution in [0.2, 0.25) is 0 Å². The molecule has 1 heterocycles. The van der Waals surface area contributed by atoms with E-state index in [0.29, 0.717) is 12.6 Å². The summed E-state index contributed by atoms with van der Waals surface area (Å²) < 4.78 is 5.12. The second-order valence-corrected chi connectivity index (χ2v) is 4.82. The molecule has 15 heavy (non-hydrogen) atoms. The molecule has 0 radical (unpaired) electrons. The molecule has 0 aliphatic heterocycles. The Morgan fingerprint density at radius 1 is 1.67 bits per heavy atom. The maximum atomic E-state index is 5.58. The first kappa shape index (κ1) is 10.9. The molecule has 0 aromatic carbocycles. The fraction of sp³-hybridized carbons (Fsp3) is 0.700. The van der Waals surface area contributed by atoms with E-state index in [1.165, 1.54) is 12.8 Å². The third-order valence-electron chi connectivity index (χ3n) is 2.51. The zero-order valence-corrected chi connectivity index (χ0v) is 9.80. The molecular formula is C10H17N3OS. The van der Waals surface area contributed by atoms with Crippen LogP contribution < -0.4 is 10.6 Å². The highest BCUT2D eigenvalue weighted by Crippen LogP contribution is 2.33. The SMILES string of the molecule is COCCN(c1ncc(CN)s1)C1CC1. The van der Waals surface area contributed by atoms with E-state index in [9.17, 15) is 0 Å². The van der Waals surface area contributed by atoms with E-state index in [0.717, 1.165) is 23.2 Å². The molecule has 1 aromatic heterocycles. The summed E-state index contributed by atoms with van der Waals surface area (Å²) >= 11 is 1.69. The maximum Gasteiger partial charge on any atom is 0.185 e. The minimum atomic E-state index is 0.584. The van der Waals surface area contributed by atoms with Gasteiger partial charge in [0, 0.05) is 37.3 Å². The molecule has 84 valence electrons. The Hall–Kier alpha value is -0.650. The van der Waals surface area contributed by atoms with Crippen molar-refractivity contribution in [3.63, 3.8) is 0 Å². The number of aromatic nitrogens is 1. The lowest BCUT2D eigenvalue weighted by molar-refractivity contribution is 0.205. The Morgan fingerprint density at radius 3 is 3.00 bits per heavy atom. The number of methoxy groups -OCH3 is 1. The molecule has 0 unspecified atom stereocenters. The van der Waals surface area contributed by atoms with Gasteiger partial charge in [-0.15, -0.1) is 11.3 Å². The van der Waals surface area contributed by atoms with Crippen molar-refractivity contribution in [1.82, 2.24) is 4.98 Å². The predicted molar refractivity (Wildman–Crippen MR) is 62.2 cm³/mol. The Balaban J connectivity index is 2.02. The van der Waals surface area contributed by atoms with Crippen molar-refractivity contribution in [3.05, 3.63) is 11.1 Å². The molecule has 0 spiro atoms. The van der Waals surface area contributed by atoms with E-state index >= 15 is 0 Å². The van der Waals surface area contributed by atoms with Crippen LogP contribution >= 0.6 is 11.3 Å². The molecule has 4 nitrogen and oxygen atoms in total. The van der Waals surface area contributed by atoms with Crippen LogP contribution in [0.1, 0.15) is 17.7 Å². The van der Waals surface area contributed by atoms with E-state index in [4.69, 9.17) is 10.5 Å². The molecule has 0 bridgehead atoms. The highest BCUT2D eigenvalue weighted by molar-refractivity contribution is 7.15. The molecule has 0 saturated heterocycles. The largest absolute Gasteiger partial charge is 0.383 e. The predicted octanol–water partition coefficient (Wildman–Crippen LogP) is 1.22. The van der Waals surface area contributed by atoms with Gasteiger partial charge in [-0.3, -0.25) is 0 Å². The van der Waals surface area contributed by atoms with Crippen LogP contribution in [0.3, 0.4) is 0 Å². The van der Waals surface area contributed by atoms with Gasteiger partial charge in [0.2, 0.25) is 0 Å². The van der Waals surface area contributed by atoms with Crippen LogP contribution in [0.25, 0.3) is 0 Å². The molecule has 0 atom stereocenters. The minimum absolute atomic E-state index is 0.584. The number of anilines is 1. The summed E-state index contributed by atoms with van der Waals surface area (Å²) in [5.74, 6) is 0. The topological polar surface area (TPSA) is 51.4 Å².